The maximum absolute atomic E-state index is 11.0. The Morgan fingerprint density at radius 1 is 1.82 bits per heavy atom. The van der Waals surface area contributed by atoms with E-state index in [1.165, 1.54) is 18.0 Å². The summed E-state index contributed by atoms with van der Waals surface area (Å²) in [4.78, 5) is 11.5. The fraction of sp³-hybridized carbons (Fsp3) is 0.333. The first-order chi connectivity index (χ1) is 5.16. The smallest absolute Gasteiger partial charge is 0.357 e. The molecule has 0 aliphatic carbocycles. The second-order valence-corrected chi connectivity index (χ2v) is 2.48. The van der Waals surface area contributed by atoms with Crippen LogP contribution in [0.5, 0.6) is 0 Å². The third kappa shape index (κ3) is 1.37. The highest BCUT2D eigenvalue weighted by atomic mass is 32.1. The first kappa shape index (κ1) is 8.13. The van der Waals surface area contributed by atoms with Gasteiger partial charge in [-0.3, -0.25) is 4.68 Å². The first-order valence-corrected chi connectivity index (χ1v) is 3.41. The topological polar surface area (TPSA) is 44.1 Å². The van der Waals surface area contributed by atoms with Gasteiger partial charge in [0.05, 0.1) is 18.2 Å². The number of rotatable bonds is 1. The van der Waals surface area contributed by atoms with E-state index in [0.717, 1.165) is 0 Å². The SMILES string of the molecule is COC(=O)c1c(S)cnn1C. The lowest BCUT2D eigenvalue weighted by molar-refractivity contribution is 0.0584. The molecule has 1 rings (SSSR count). The maximum Gasteiger partial charge on any atom is 0.357 e. The van der Waals surface area contributed by atoms with Crippen molar-refractivity contribution in [2.45, 2.75) is 4.90 Å². The van der Waals surface area contributed by atoms with Crippen molar-refractivity contribution in [1.82, 2.24) is 9.78 Å². The lowest BCUT2D eigenvalue weighted by Gasteiger charge is -1.98. The van der Waals surface area contributed by atoms with Gasteiger partial charge in [0.15, 0.2) is 5.69 Å². The summed E-state index contributed by atoms with van der Waals surface area (Å²) < 4.78 is 5.93. The molecule has 0 saturated carbocycles. The number of ether oxygens (including phenoxy) is 1. The molecule has 0 saturated heterocycles. The Kier molecular flexibility index (Phi) is 2.19. The molecule has 1 aromatic rings. The van der Waals surface area contributed by atoms with E-state index in [-0.39, 0.29) is 0 Å². The van der Waals surface area contributed by atoms with E-state index in [2.05, 4.69) is 22.5 Å². The van der Waals surface area contributed by atoms with Gasteiger partial charge >= 0.3 is 5.97 Å². The van der Waals surface area contributed by atoms with Gasteiger partial charge in [-0.25, -0.2) is 4.79 Å². The van der Waals surface area contributed by atoms with Crippen molar-refractivity contribution < 1.29 is 9.53 Å². The minimum absolute atomic E-state index is 0.371. The predicted molar refractivity (Wildman–Crippen MR) is 41.8 cm³/mol. The Morgan fingerprint density at radius 2 is 2.45 bits per heavy atom. The van der Waals surface area contributed by atoms with Crippen molar-refractivity contribution in [1.29, 1.82) is 0 Å². The fourth-order valence-electron chi connectivity index (χ4n) is 0.759. The summed E-state index contributed by atoms with van der Waals surface area (Å²) in [5.74, 6) is -0.421. The van der Waals surface area contributed by atoms with Crippen LogP contribution in [0.3, 0.4) is 0 Å². The molecule has 60 valence electrons. The number of aromatic nitrogens is 2. The normalized spacial score (nSPS) is 9.73. The molecule has 1 heterocycles. The Morgan fingerprint density at radius 3 is 2.82 bits per heavy atom. The Bertz CT molecular complexity index is 263. The van der Waals surface area contributed by atoms with E-state index in [1.54, 1.807) is 7.05 Å². The summed E-state index contributed by atoms with van der Waals surface area (Å²) in [6.45, 7) is 0. The van der Waals surface area contributed by atoms with Gasteiger partial charge in [-0.1, -0.05) is 0 Å². The monoisotopic (exact) mass is 172 g/mol. The van der Waals surface area contributed by atoms with Gasteiger partial charge in [-0.05, 0) is 0 Å². The highest BCUT2D eigenvalue weighted by Crippen LogP contribution is 2.12. The van der Waals surface area contributed by atoms with Crippen molar-refractivity contribution in [2.24, 2.45) is 7.05 Å². The lowest BCUT2D eigenvalue weighted by atomic mass is 10.4. The summed E-state index contributed by atoms with van der Waals surface area (Å²) in [6.07, 6.45) is 1.50. The number of hydrogen-bond acceptors (Lipinski definition) is 4. The minimum Gasteiger partial charge on any atom is -0.464 e. The van der Waals surface area contributed by atoms with Crippen LogP contribution in [0.15, 0.2) is 11.1 Å². The van der Waals surface area contributed by atoms with Crippen molar-refractivity contribution in [3.8, 4) is 0 Å². The van der Waals surface area contributed by atoms with Gasteiger partial charge in [0.2, 0.25) is 0 Å². The molecule has 0 aliphatic heterocycles. The van der Waals surface area contributed by atoms with Gasteiger partial charge in [-0.15, -0.1) is 12.6 Å². The number of nitrogens with zero attached hydrogens (tertiary/aromatic N) is 2. The molecule has 0 amide bonds. The average Bonchev–Trinajstić information content (AvgIpc) is 2.30. The van der Waals surface area contributed by atoms with E-state index < -0.39 is 5.97 Å². The molecule has 11 heavy (non-hydrogen) atoms. The Hall–Kier alpha value is -0.970. The van der Waals surface area contributed by atoms with Crippen molar-refractivity contribution in [3.05, 3.63) is 11.9 Å². The van der Waals surface area contributed by atoms with Gasteiger partial charge < -0.3 is 4.74 Å². The highest BCUT2D eigenvalue weighted by molar-refractivity contribution is 7.80. The zero-order chi connectivity index (χ0) is 8.43. The molecular formula is C6H8N2O2S. The van der Waals surface area contributed by atoms with Crippen LogP contribution in [0.25, 0.3) is 0 Å². The number of carbonyl (C=O) groups excluding carboxylic acids is 1. The summed E-state index contributed by atoms with van der Waals surface area (Å²) in [5, 5.41) is 3.82. The zero-order valence-corrected chi connectivity index (χ0v) is 7.13. The lowest BCUT2D eigenvalue weighted by Crippen LogP contribution is -2.08. The van der Waals surface area contributed by atoms with Gasteiger partial charge in [0.25, 0.3) is 0 Å². The average molecular weight is 172 g/mol. The number of aryl methyl sites for hydroxylation is 1. The van der Waals surface area contributed by atoms with Crippen LogP contribution in [0, 0.1) is 0 Å². The summed E-state index contributed by atoms with van der Waals surface area (Å²) in [5.41, 5.74) is 0.371. The van der Waals surface area contributed by atoms with Crippen molar-refractivity contribution in [2.75, 3.05) is 7.11 Å². The quantitative estimate of drug-likeness (QED) is 0.495. The Labute approximate surface area is 69.6 Å². The van der Waals surface area contributed by atoms with Crippen LogP contribution in [0.2, 0.25) is 0 Å². The number of carbonyl (C=O) groups is 1. The zero-order valence-electron chi connectivity index (χ0n) is 6.24. The maximum atomic E-state index is 11.0. The molecule has 0 radical (unpaired) electrons. The molecule has 0 aliphatic rings. The molecular weight excluding hydrogens is 164 g/mol. The van der Waals surface area contributed by atoms with E-state index in [9.17, 15) is 4.79 Å². The molecule has 1 aromatic heterocycles. The molecule has 0 unspecified atom stereocenters. The van der Waals surface area contributed by atoms with Crippen molar-refractivity contribution in [3.63, 3.8) is 0 Å². The van der Waals surface area contributed by atoms with Gasteiger partial charge in [0, 0.05) is 7.05 Å². The van der Waals surface area contributed by atoms with Crippen LogP contribution in [0.1, 0.15) is 10.5 Å². The summed E-state index contributed by atoms with van der Waals surface area (Å²) >= 11 is 4.03. The summed E-state index contributed by atoms with van der Waals surface area (Å²) in [6, 6.07) is 0. The standard InChI is InChI=1S/C6H8N2O2S/c1-8-5(6(9)10-2)4(11)3-7-8/h3,11H,1-2H3. The number of hydrogen-bond donors (Lipinski definition) is 1. The first-order valence-electron chi connectivity index (χ1n) is 2.96. The van der Waals surface area contributed by atoms with E-state index in [1.807, 2.05) is 0 Å². The molecule has 0 aromatic carbocycles. The van der Waals surface area contributed by atoms with E-state index >= 15 is 0 Å². The Balaban J connectivity index is 3.10. The van der Waals surface area contributed by atoms with Gasteiger partial charge in [-0.2, -0.15) is 5.10 Å². The predicted octanol–water partition coefficient (Wildman–Crippen LogP) is 0.495. The third-order valence-corrected chi connectivity index (χ3v) is 1.63. The van der Waals surface area contributed by atoms with E-state index in [4.69, 9.17) is 0 Å². The van der Waals surface area contributed by atoms with Crippen LogP contribution < -0.4 is 0 Å². The second-order valence-electron chi connectivity index (χ2n) is 1.99. The second kappa shape index (κ2) is 2.96. The number of thiol groups is 1. The summed E-state index contributed by atoms with van der Waals surface area (Å²) in [7, 11) is 2.98. The third-order valence-electron chi connectivity index (χ3n) is 1.30. The van der Waals surface area contributed by atoms with Crippen LogP contribution in [0.4, 0.5) is 0 Å². The molecule has 4 nitrogen and oxygen atoms in total. The molecule has 5 heteroatoms. The highest BCUT2D eigenvalue weighted by Gasteiger charge is 2.14. The molecule has 0 N–H and O–H groups in total. The molecule has 0 atom stereocenters. The van der Waals surface area contributed by atoms with Crippen LogP contribution in [-0.2, 0) is 11.8 Å². The van der Waals surface area contributed by atoms with Gasteiger partial charge in [0.1, 0.15) is 0 Å². The van der Waals surface area contributed by atoms with E-state index in [0.29, 0.717) is 10.6 Å². The van der Waals surface area contributed by atoms with Crippen LogP contribution in [-0.4, -0.2) is 22.9 Å². The van der Waals surface area contributed by atoms with Crippen molar-refractivity contribution >= 4 is 18.6 Å². The number of methoxy groups -OCH3 is 1. The molecule has 0 spiro atoms. The number of esters is 1. The fourth-order valence-corrected chi connectivity index (χ4v) is 1.05. The molecule has 0 fully saturated rings. The van der Waals surface area contributed by atoms with Crippen LogP contribution >= 0.6 is 12.6 Å². The molecule has 0 bridgehead atoms. The minimum atomic E-state index is -0.421. The largest absolute Gasteiger partial charge is 0.464 e.